The van der Waals surface area contributed by atoms with Gasteiger partial charge in [-0.05, 0) is 74.0 Å². The Bertz CT molecular complexity index is 976. The Hall–Kier alpha value is -2.27. The van der Waals surface area contributed by atoms with Gasteiger partial charge in [0.15, 0.2) is 5.76 Å². The second kappa shape index (κ2) is 8.39. The van der Waals surface area contributed by atoms with E-state index in [-0.39, 0.29) is 11.7 Å². The molecule has 2 aromatic carbocycles. The number of nitrogens with zero attached hydrogens (tertiary/aromatic N) is 1. The number of likely N-dealkylation sites (tertiary alicyclic amines) is 1. The summed E-state index contributed by atoms with van der Waals surface area (Å²) >= 11 is 12.2. The zero-order valence-electron chi connectivity index (χ0n) is 15.3. The van der Waals surface area contributed by atoms with Crippen LogP contribution in [0, 0.1) is 0 Å². The first kappa shape index (κ1) is 19.1. The normalized spacial score (nSPS) is 14.4. The molecule has 1 aliphatic heterocycles. The van der Waals surface area contributed by atoms with Crippen LogP contribution >= 0.6 is 23.2 Å². The van der Waals surface area contributed by atoms with Crippen molar-refractivity contribution in [2.75, 3.05) is 18.4 Å². The van der Waals surface area contributed by atoms with Gasteiger partial charge in [0, 0.05) is 22.8 Å². The molecule has 1 N–H and O–H groups in total. The molecule has 1 aromatic heterocycles. The maximum Gasteiger partial charge on any atom is 0.291 e. The van der Waals surface area contributed by atoms with Crippen molar-refractivity contribution in [2.45, 2.75) is 19.4 Å². The third-order valence-electron chi connectivity index (χ3n) is 4.84. The van der Waals surface area contributed by atoms with Gasteiger partial charge in [-0.1, -0.05) is 35.3 Å². The molecule has 1 saturated heterocycles. The topological polar surface area (TPSA) is 45.5 Å². The smallest absolute Gasteiger partial charge is 0.291 e. The Kier molecular flexibility index (Phi) is 5.72. The third-order valence-corrected chi connectivity index (χ3v) is 5.41. The number of rotatable bonds is 5. The zero-order valence-corrected chi connectivity index (χ0v) is 16.8. The molecular formula is C22H20Cl2N2O2. The molecule has 4 nitrogen and oxygen atoms in total. The second-order valence-electron chi connectivity index (χ2n) is 6.92. The summed E-state index contributed by atoms with van der Waals surface area (Å²) in [5, 5.41) is 3.93. The molecule has 3 aromatic rings. The lowest BCUT2D eigenvalue weighted by Gasteiger charge is -2.14. The minimum atomic E-state index is -0.309. The van der Waals surface area contributed by atoms with E-state index in [1.165, 1.54) is 18.4 Å². The summed E-state index contributed by atoms with van der Waals surface area (Å²) in [5.41, 5.74) is 2.63. The Labute approximate surface area is 174 Å². The van der Waals surface area contributed by atoms with Crippen LogP contribution in [0.2, 0.25) is 10.0 Å². The van der Waals surface area contributed by atoms with E-state index in [1.54, 1.807) is 30.3 Å². The number of amides is 1. The van der Waals surface area contributed by atoms with E-state index in [0.29, 0.717) is 21.4 Å². The molecule has 4 rings (SSSR count). The first-order valence-electron chi connectivity index (χ1n) is 9.26. The van der Waals surface area contributed by atoms with Crippen molar-refractivity contribution in [3.8, 4) is 11.3 Å². The standard InChI is InChI=1S/C22H20Cl2N2O2/c23-16-5-8-19(24)18(13-16)20-9-10-21(28-20)22(27)25-17-6-3-15(4-7-17)14-26-11-1-2-12-26/h3-10,13H,1-2,11-12,14H2,(H,25,27). The van der Waals surface area contributed by atoms with Crippen LogP contribution in [0.5, 0.6) is 0 Å². The number of halogens is 2. The number of nitrogens with one attached hydrogen (secondary N) is 1. The molecule has 2 heterocycles. The van der Waals surface area contributed by atoms with E-state index in [4.69, 9.17) is 27.6 Å². The van der Waals surface area contributed by atoms with Gasteiger partial charge < -0.3 is 9.73 Å². The zero-order chi connectivity index (χ0) is 19.5. The number of anilines is 1. The van der Waals surface area contributed by atoms with Crippen LogP contribution < -0.4 is 5.32 Å². The van der Waals surface area contributed by atoms with Gasteiger partial charge in [0.2, 0.25) is 0 Å². The highest BCUT2D eigenvalue weighted by Crippen LogP contribution is 2.32. The Balaban J connectivity index is 1.42. The average molecular weight is 415 g/mol. The summed E-state index contributed by atoms with van der Waals surface area (Å²) in [6, 6.07) is 16.4. The SMILES string of the molecule is O=C(Nc1ccc(CN2CCCC2)cc1)c1ccc(-c2cc(Cl)ccc2Cl)o1. The largest absolute Gasteiger partial charge is 0.451 e. The lowest BCUT2D eigenvalue weighted by Crippen LogP contribution is -2.18. The summed E-state index contributed by atoms with van der Waals surface area (Å²) in [5.74, 6) is 0.405. The van der Waals surface area contributed by atoms with E-state index in [1.807, 2.05) is 24.3 Å². The molecule has 0 radical (unpaired) electrons. The number of benzene rings is 2. The minimum absolute atomic E-state index is 0.215. The summed E-state index contributed by atoms with van der Waals surface area (Å²) in [6.07, 6.45) is 2.55. The maximum absolute atomic E-state index is 12.5. The fraction of sp³-hybridized carbons (Fsp3) is 0.227. The Morgan fingerprint density at radius 3 is 2.50 bits per heavy atom. The number of furan rings is 1. The Morgan fingerprint density at radius 1 is 1.00 bits per heavy atom. The number of carbonyl (C=O) groups is 1. The van der Waals surface area contributed by atoms with E-state index in [0.717, 1.165) is 25.3 Å². The molecule has 1 fully saturated rings. The molecule has 28 heavy (non-hydrogen) atoms. The first-order chi connectivity index (χ1) is 13.6. The summed E-state index contributed by atoms with van der Waals surface area (Å²) in [7, 11) is 0. The third kappa shape index (κ3) is 4.41. The van der Waals surface area contributed by atoms with Gasteiger partial charge in [0.05, 0.1) is 5.02 Å². The van der Waals surface area contributed by atoms with Gasteiger partial charge in [0.25, 0.3) is 5.91 Å². The van der Waals surface area contributed by atoms with Gasteiger partial charge in [-0.2, -0.15) is 0 Å². The molecule has 0 spiro atoms. The predicted molar refractivity (Wildman–Crippen MR) is 113 cm³/mol. The first-order valence-corrected chi connectivity index (χ1v) is 10.0. The maximum atomic E-state index is 12.5. The number of hydrogen-bond acceptors (Lipinski definition) is 3. The van der Waals surface area contributed by atoms with Crippen LogP contribution in [0.4, 0.5) is 5.69 Å². The van der Waals surface area contributed by atoms with Crippen molar-refractivity contribution >= 4 is 34.8 Å². The minimum Gasteiger partial charge on any atom is -0.451 e. The van der Waals surface area contributed by atoms with Gasteiger partial charge in [0.1, 0.15) is 5.76 Å². The monoisotopic (exact) mass is 414 g/mol. The number of carbonyl (C=O) groups excluding carboxylic acids is 1. The van der Waals surface area contributed by atoms with Gasteiger partial charge in [-0.15, -0.1) is 0 Å². The van der Waals surface area contributed by atoms with E-state index >= 15 is 0 Å². The molecule has 1 amide bonds. The number of hydrogen-bond donors (Lipinski definition) is 1. The van der Waals surface area contributed by atoms with Crippen LogP contribution in [0.3, 0.4) is 0 Å². The average Bonchev–Trinajstić information content (AvgIpc) is 3.37. The molecule has 1 aliphatic rings. The summed E-state index contributed by atoms with van der Waals surface area (Å²) in [4.78, 5) is 14.9. The molecule has 0 aliphatic carbocycles. The van der Waals surface area contributed by atoms with Gasteiger partial charge >= 0.3 is 0 Å². The molecule has 144 valence electrons. The Morgan fingerprint density at radius 2 is 1.75 bits per heavy atom. The van der Waals surface area contributed by atoms with Crippen molar-refractivity contribution < 1.29 is 9.21 Å². The predicted octanol–water partition coefficient (Wildman–Crippen LogP) is 6.10. The van der Waals surface area contributed by atoms with Crippen LogP contribution in [0.1, 0.15) is 29.0 Å². The van der Waals surface area contributed by atoms with E-state index in [2.05, 4.69) is 10.2 Å². The van der Waals surface area contributed by atoms with E-state index in [9.17, 15) is 4.79 Å². The van der Waals surface area contributed by atoms with Crippen molar-refractivity contribution in [3.05, 3.63) is 76.0 Å². The highest BCUT2D eigenvalue weighted by Gasteiger charge is 2.15. The highest BCUT2D eigenvalue weighted by atomic mass is 35.5. The molecule has 0 atom stereocenters. The van der Waals surface area contributed by atoms with Crippen molar-refractivity contribution in [3.63, 3.8) is 0 Å². The van der Waals surface area contributed by atoms with Crippen molar-refractivity contribution in [1.29, 1.82) is 0 Å². The highest BCUT2D eigenvalue weighted by molar-refractivity contribution is 6.35. The van der Waals surface area contributed by atoms with Crippen LogP contribution in [0.15, 0.2) is 59.0 Å². The quantitative estimate of drug-likeness (QED) is 0.548. The lowest BCUT2D eigenvalue weighted by molar-refractivity contribution is 0.0997. The molecule has 0 bridgehead atoms. The van der Waals surface area contributed by atoms with E-state index < -0.39 is 0 Å². The van der Waals surface area contributed by atoms with Crippen molar-refractivity contribution in [1.82, 2.24) is 4.90 Å². The van der Waals surface area contributed by atoms with Crippen molar-refractivity contribution in [2.24, 2.45) is 0 Å². The fourth-order valence-electron chi connectivity index (χ4n) is 3.38. The molecular weight excluding hydrogens is 395 g/mol. The fourth-order valence-corrected chi connectivity index (χ4v) is 3.76. The summed E-state index contributed by atoms with van der Waals surface area (Å²) in [6.45, 7) is 3.28. The molecule has 0 saturated carbocycles. The van der Waals surface area contributed by atoms with Crippen LogP contribution in [0.25, 0.3) is 11.3 Å². The van der Waals surface area contributed by atoms with Crippen LogP contribution in [-0.4, -0.2) is 23.9 Å². The molecule has 0 unspecified atom stereocenters. The van der Waals surface area contributed by atoms with Gasteiger partial charge in [-0.3, -0.25) is 9.69 Å². The summed E-state index contributed by atoms with van der Waals surface area (Å²) < 4.78 is 5.69. The molecule has 6 heteroatoms. The second-order valence-corrected chi connectivity index (χ2v) is 7.77. The van der Waals surface area contributed by atoms with Crippen LogP contribution in [-0.2, 0) is 6.54 Å². The van der Waals surface area contributed by atoms with Gasteiger partial charge in [-0.25, -0.2) is 0 Å². The lowest BCUT2D eigenvalue weighted by atomic mass is 10.2.